The molecule has 1 aliphatic heterocycles. The summed E-state index contributed by atoms with van der Waals surface area (Å²) in [6, 6.07) is 8.22. The number of halogens is 3. The molecule has 3 heterocycles. The molecular weight excluding hydrogens is 493 g/mol. The van der Waals surface area contributed by atoms with Crippen LogP contribution in [0.1, 0.15) is 91.4 Å². The van der Waals surface area contributed by atoms with Crippen LogP contribution in [0.3, 0.4) is 0 Å². The highest BCUT2D eigenvalue weighted by Gasteiger charge is 2.38. The summed E-state index contributed by atoms with van der Waals surface area (Å²) in [6.45, 7) is 1.67. The Morgan fingerprint density at radius 2 is 1.68 bits per heavy atom. The molecule has 0 amide bonds. The number of likely N-dealkylation sites (tertiary alicyclic amines) is 1. The minimum atomic E-state index is -2.52. The summed E-state index contributed by atoms with van der Waals surface area (Å²) < 4.78 is 47.9. The molecule has 0 N–H and O–H groups in total. The van der Waals surface area contributed by atoms with Gasteiger partial charge in [-0.15, -0.1) is 0 Å². The molecule has 6 rings (SSSR count). The molecule has 2 aliphatic carbocycles. The van der Waals surface area contributed by atoms with Crippen LogP contribution in [0.2, 0.25) is 0 Å². The van der Waals surface area contributed by atoms with Crippen LogP contribution < -0.4 is 0 Å². The quantitative estimate of drug-likeness (QED) is 0.362. The minimum absolute atomic E-state index is 0.0294. The summed E-state index contributed by atoms with van der Waals surface area (Å²) in [5, 5.41) is 5.98. The van der Waals surface area contributed by atoms with Gasteiger partial charge in [-0.2, -0.15) is 5.10 Å². The Labute approximate surface area is 220 Å². The second kappa shape index (κ2) is 9.98. The van der Waals surface area contributed by atoms with Crippen LogP contribution in [0.25, 0.3) is 16.7 Å². The van der Waals surface area contributed by atoms with Crippen LogP contribution >= 0.6 is 0 Å². The van der Waals surface area contributed by atoms with Gasteiger partial charge >= 0.3 is 5.97 Å². The number of hydrogen-bond donors (Lipinski definition) is 0. The van der Waals surface area contributed by atoms with Crippen LogP contribution in [-0.2, 0) is 4.74 Å². The van der Waals surface area contributed by atoms with Crippen molar-refractivity contribution in [2.24, 2.45) is 0 Å². The van der Waals surface area contributed by atoms with E-state index in [0.29, 0.717) is 30.1 Å². The minimum Gasteiger partial charge on any atom is -0.464 e. The Kier molecular flexibility index (Phi) is 6.66. The fourth-order valence-corrected chi connectivity index (χ4v) is 6.40. The summed E-state index contributed by atoms with van der Waals surface area (Å²) in [6.07, 6.45) is 6.03. The van der Waals surface area contributed by atoms with Crippen LogP contribution in [0.15, 0.2) is 30.3 Å². The first-order valence-corrected chi connectivity index (χ1v) is 13.7. The average Bonchev–Trinajstić information content (AvgIpc) is 3.26. The number of carbonyl (C=O) groups excluding carboxylic acids is 1. The summed E-state index contributed by atoms with van der Waals surface area (Å²) in [7, 11) is 1.34. The van der Waals surface area contributed by atoms with E-state index in [0.717, 1.165) is 61.8 Å². The van der Waals surface area contributed by atoms with Gasteiger partial charge in [-0.05, 0) is 93.4 Å². The number of fused-ring (bicyclic) bond motifs is 1. The van der Waals surface area contributed by atoms with Crippen molar-refractivity contribution in [1.29, 1.82) is 0 Å². The zero-order valence-electron chi connectivity index (χ0n) is 21.6. The molecule has 3 aliphatic rings. The molecule has 1 saturated heterocycles. The molecule has 0 unspecified atom stereocenters. The zero-order chi connectivity index (χ0) is 26.4. The van der Waals surface area contributed by atoms with E-state index in [1.165, 1.54) is 19.2 Å². The number of nitrogens with zero attached hydrogens (tertiary/aromatic N) is 4. The van der Waals surface area contributed by atoms with Crippen molar-refractivity contribution in [3.05, 3.63) is 53.1 Å². The molecule has 38 heavy (non-hydrogen) atoms. The number of pyridine rings is 1. The first kappa shape index (κ1) is 25.3. The molecular formula is C29H33F3N4O2. The maximum atomic E-state index is 13.7. The lowest BCUT2D eigenvalue weighted by atomic mass is 9.79. The predicted molar refractivity (Wildman–Crippen MR) is 138 cm³/mol. The van der Waals surface area contributed by atoms with Gasteiger partial charge in [0, 0.05) is 30.2 Å². The number of esters is 1. The summed E-state index contributed by atoms with van der Waals surface area (Å²) in [5.74, 6) is -2.85. The zero-order valence-corrected chi connectivity index (χ0v) is 21.6. The first-order chi connectivity index (χ1) is 18.3. The number of carbonyl (C=O) groups is 1. The van der Waals surface area contributed by atoms with Crippen molar-refractivity contribution in [1.82, 2.24) is 19.7 Å². The van der Waals surface area contributed by atoms with Crippen LogP contribution in [0.5, 0.6) is 0 Å². The molecule has 202 valence electrons. The lowest BCUT2D eigenvalue weighted by Gasteiger charge is -2.41. The SMILES string of the molecule is COC(=O)c1cc(C2CCN(C3CCC(F)(F)CC3)CC2)c2c(C3CCC3)nn(-c3ccc(F)cc3)c2n1. The van der Waals surface area contributed by atoms with Gasteiger partial charge in [-0.25, -0.2) is 27.6 Å². The second-order valence-corrected chi connectivity index (χ2v) is 11.1. The largest absolute Gasteiger partial charge is 0.464 e. The Bertz CT molecular complexity index is 1320. The molecule has 0 spiro atoms. The van der Waals surface area contributed by atoms with Gasteiger partial charge < -0.3 is 9.64 Å². The number of alkyl halides is 2. The lowest BCUT2D eigenvalue weighted by molar-refractivity contribution is -0.0558. The van der Waals surface area contributed by atoms with Crippen LogP contribution in [-0.4, -0.2) is 57.8 Å². The average molecular weight is 527 g/mol. The van der Waals surface area contributed by atoms with E-state index in [-0.39, 0.29) is 36.3 Å². The van der Waals surface area contributed by atoms with Crippen molar-refractivity contribution in [2.45, 2.75) is 81.6 Å². The van der Waals surface area contributed by atoms with Gasteiger partial charge in [0.1, 0.15) is 5.82 Å². The monoisotopic (exact) mass is 526 g/mol. The summed E-state index contributed by atoms with van der Waals surface area (Å²) >= 11 is 0. The van der Waals surface area contributed by atoms with E-state index in [1.54, 1.807) is 16.8 Å². The normalized spacial score (nSPS) is 21.5. The Morgan fingerprint density at radius 3 is 2.29 bits per heavy atom. The molecule has 9 heteroatoms. The third-order valence-electron chi connectivity index (χ3n) is 8.83. The highest BCUT2D eigenvalue weighted by atomic mass is 19.3. The summed E-state index contributed by atoms with van der Waals surface area (Å²) in [5.41, 5.74) is 3.56. The molecule has 6 nitrogen and oxygen atoms in total. The third kappa shape index (κ3) is 4.70. The number of hydrogen-bond acceptors (Lipinski definition) is 5. The van der Waals surface area contributed by atoms with Crippen molar-refractivity contribution < 1.29 is 22.7 Å². The number of piperidine rings is 1. The first-order valence-electron chi connectivity index (χ1n) is 13.7. The van der Waals surface area contributed by atoms with E-state index < -0.39 is 11.9 Å². The van der Waals surface area contributed by atoms with E-state index in [1.807, 2.05) is 6.07 Å². The highest BCUT2D eigenvalue weighted by molar-refractivity contribution is 5.93. The van der Waals surface area contributed by atoms with Crippen molar-refractivity contribution >= 4 is 17.0 Å². The smallest absolute Gasteiger partial charge is 0.356 e. The van der Waals surface area contributed by atoms with Gasteiger partial charge in [0.05, 0.1) is 18.5 Å². The van der Waals surface area contributed by atoms with E-state index in [9.17, 15) is 18.0 Å². The third-order valence-corrected chi connectivity index (χ3v) is 8.83. The number of benzene rings is 1. The Hall–Kier alpha value is -2.94. The van der Waals surface area contributed by atoms with E-state index >= 15 is 0 Å². The number of aromatic nitrogens is 3. The van der Waals surface area contributed by atoms with E-state index in [4.69, 9.17) is 14.8 Å². The fraction of sp³-hybridized carbons (Fsp3) is 0.552. The van der Waals surface area contributed by atoms with Gasteiger partial charge in [0.15, 0.2) is 11.3 Å². The molecule has 0 bridgehead atoms. The van der Waals surface area contributed by atoms with E-state index in [2.05, 4.69) is 4.90 Å². The predicted octanol–water partition coefficient (Wildman–Crippen LogP) is 6.37. The van der Waals surface area contributed by atoms with Gasteiger partial charge in [-0.3, -0.25) is 0 Å². The maximum absolute atomic E-state index is 13.7. The van der Waals surface area contributed by atoms with Gasteiger partial charge in [0.2, 0.25) is 5.92 Å². The molecule has 3 fully saturated rings. The topological polar surface area (TPSA) is 60.2 Å². The van der Waals surface area contributed by atoms with Crippen molar-refractivity contribution in [3.8, 4) is 5.69 Å². The Balaban J connectivity index is 1.38. The fourth-order valence-electron chi connectivity index (χ4n) is 6.40. The second-order valence-electron chi connectivity index (χ2n) is 11.1. The van der Waals surface area contributed by atoms with Gasteiger partial charge in [0.25, 0.3) is 0 Å². The molecule has 3 aromatic rings. The molecule has 2 saturated carbocycles. The van der Waals surface area contributed by atoms with Crippen molar-refractivity contribution in [2.75, 3.05) is 20.2 Å². The molecule has 1 aromatic carbocycles. The Morgan fingerprint density at radius 1 is 1.00 bits per heavy atom. The number of rotatable bonds is 5. The highest BCUT2D eigenvalue weighted by Crippen LogP contribution is 2.44. The number of ether oxygens (including phenoxy) is 1. The maximum Gasteiger partial charge on any atom is 0.356 e. The number of methoxy groups -OCH3 is 1. The molecule has 0 atom stereocenters. The lowest BCUT2D eigenvalue weighted by Crippen LogP contribution is -2.44. The van der Waals surface area contributed by atoms with Crippen LogP contribution in [0, 0.1) is 5.82 Å². The van der Waals surface area contributed by atoms with Gasteiger partial charge in [-0.1, -0.05) is 6.42 Å². The summed E-state index contributed by atoms with van der Waals surface area (Å²) in [4.78, 5) is 19.8. The molecule has 2 aromatic heterocycles. The van der Waals surface area contributed by atoms with Crippen molar-refractivity contribution in [3.63, 3.8) is 0 Å². The standard InChI is InChI=1S/C29H33F3N4O2/c1-38-28(37)24-17-23(18-11-15-35(16-12-18)21-9-13-29(31,32)14-10-21)25-26(19-3-2-4-19)34-36(27(25)33-24)22-7-5-20(30)6-8-22/h5-8,17-19,21H,2-4,9-16H2,1H3. The molecule has 0 radical (unpaired) electrons. The van der Waals surface area contributed by atoms with Crippen LogP contribution in [0.4, 0.5) is 13.2 Å².